The fourth-order valence-electron chi connectivity index (χ4n) is 1.45. The summed E-state index contributed by atoms with van der Waals surface area (Å²) in [4.78, 5) is 4.42. The van der Waals surface area contributed by atoms with E-state index >= 15 is 0 Å². The third-order valence-electron chi connectivity index (χ3n) is 2.37. The number of halogens is 1. The molecule has 0 fully saturated rings. The highest BCUT2D eigenvalue weighted by atomic mass is 35.5. The molecule has 0 aliphatic rings. The summed E-state index contributed by atoms with van der Waals surface area (Å²) in [7, 11) is 0. The van der Waals surface area contributed by atoms with Crippen molar-refractivity contribution >= 4 is 17.2 Å². The molecular weight excluding hydrogens is 226 g/mol. The summed E-state index contributed by atoms with van der Waals surface area (Å²) in [6.07, 6.45) is 3.75. The summed E-state index contributed by atoms with van der Waals surface area (Å²) < 4.78 is 1.89. The lowest BCUT2D eigenvalue weighted by Crippen LogP contribution is -2.28. The van der Waals surface area contributed by atoms with Crippen LogP contribution in [-0.2, 0) is 6.54 Å². The molecule has 0 aliphatic heterocycles. The molecular formula is C11H14ClN3O. The molecule has 2 aromatic rings. The van der Waals surface area contributed by atoms with Gasteiger partial charge in [-0.3, -0.25) is 0 Å². The first-order valence-electron chi connectivity index (χ1n) is 5.16. The van der Waals surface area contributed by atoms with Crippen LogP contribution >= 0.6 is 11.6 Å². The summed E-state index contributed by atoms with van der Waals surface area (Å²) >= 11 is 5.88. The van der Waals surface area contributed by atoms with Gasteiger partial charge in [0.1, 0.15) is 5.65 Å². The van der Waals surface area contributed by atoms with Gasteiger partial charge >= 0.3 is 0 Å². The Hall–Kier alpha value is -1.10. The molecule has 2 rings (SSSR count). The van der Waals surface area contributed by atoms with Crippen LogP contribution in [0, 0.1) is 0 Å². The van der Waals surface area contributed by atoms with Gasteiger partial charge in [0.15, 0.2) is 0 Å². The van der Waals surface area contributed by atoms with Crippen LogP contribution in [0.15, 0.2) is 24.5 Å². The molecule has 0 aliphatic carbocycles. The molecule has 0 bridgehead atoms. The zero-order chi connectivity index (χ0) is 11.5. The van der Waals surface area contributed by atoms with Crippen molar-refractivity contribution in [1.29, 1.82) is 0 Å². The monoisotopic (exact) mass is 239 g/mol. The van der Waals surface area contributed by atoms with Crippen LogP contribution < -0.4 is 5.32 Å². The van der Waals surface area contributed by atoms with Gasteiger partial charge in [0.05, 0.1) is 17.3 Å². The van der Waals surface area contributed by atoms with Gasteiger partial charge in [0, 0.05) is 25.0 Å². The van der Waals surface area contributed by atoms with Crippen LogP contribution in [0.5, 0.6) is 0 Å². The minimum atomic E-state index is 0.0772. The van der Waals surface area contributed by atoms with E-state index in [9.17, 15) is 0 Å². The molecule has 0 aromatic carbocycles. The third-order valence-corrected chi connectivity index (χ3v) is 2.59. The molecule has 86 valence electrons. The van der Waals surface area contributed by atoms with Gasteiger partial charge < -0.3 is 14.8 Å². The molecule has 0 unspecified atom stereocenters. The Morgan fingerprint density at radius 3 is 3.06 bits per heavy atom. The van der Waals surface area contributed by atoms with Crippen LogP contribution in [0.25, 0.3) is 5.65 Å². The Morgan fingerprint density at radius 1 is 1.50 bits per heavy atom. The second-order valence-electron chi connectivity index (χ2n) is 3.81. The number of hydrogen-bond acceptors (Lipinski definition) is 3. The molecule has 16 heavy (non-hydrogen) atoms. The topological polar surface area (TPSA) is 49.6 Å². The van der Waals surface area contributed by atoms with E-state index in [2.05, 4.69) is 10.3 Å². The zero-order valence-electron chi connectivity index (χ0n) is 9.02. The van der Waals surface area contributed by atoms with E-state index in [0.29, 0.717) is 11.6 Å². The number of aliphatic hydroxyl groups is 1. The lowest BCUT2D eigenvalue weighted by Gasteiger charge is -2.07. The average molecular weight is 240 g/mol. The number of fused-ring (bicyclic) bond motifs is 1. The zero-order valence-corrected chi connectivity index (χ0v) is 9.78. The SMILES string of the molecule is C[C@@H](CO)NCc1cn2cc(Cl)ccc2n1. The average Bonchev–Trinajstić information content (AvgIpc) is 2.67. The summed E-state index contributed by atoms with van der Waals surface area (Å²) in [5, 5.41) is 12.7. The molecule has 0 radical (unpaired) electrons. The number of hydrogen-bond donors (Lipinski definition) is 2. The standard InChI is InChI=1S/C11H14ClN3O/c1-8(7-16)13-4-10-6-15-5-9(12)2-3-11(15)14-10/h2-3,5-6,8,13,16H,4,7H2,1H3/t8-/m0/s1. The van der Waals surface area contributed by atoms with E-state index in [4.69, 9.17) is 16.7 Å². The van der Waals surface area contributed by atoms with Gasteiger partial charge in [-0.15, -0.1) is 0 Å². The number of nitrogens with one attached hydrogen (secondary N) is 1. The Balaban J connectivity index is 2.13. The molecule has 1 atom stereocenters. The fourth-order valence-corrected chi connectivity index (χ4v) is 1.61. The predicted molar refractivity (Wildman–Crippen MR) is 63.6 cm³/mol. The highest BCUT2D eigenvalue weighted by Crippen LogP contribution is 2.11. The summed E-state index contributed by atoms with van der Waals surface area (Å²) in [5.41, 5.74) is 1.81. The minimum absolute atomic E-state index is 0.0772. The van der Waals surface area contributed by atoms with Crippen molar-refractivity contribution in [3.63, 3.8) is 0 Å². The number of aliphatic hydroxyl groups excluding tert-OH is 1. The van der Waals surface area contributed by atoms with Crippen LogP contribution in [0.4, 0.5) is 0 Å². The summed E-state index contributed by atoms with van der Waals surface area (Å²) in [6.45, 7) is 2.69. The molecule has 5 heteroatoms. The summed E-state index contributed by atoms with van der Waals surface area (Å²) in [5.74, 6) is 0. The first-order valence-corrected chi connectivity index (χ1v) is 5.54. The molecule has 2 heterocycles. The van der Waals surface area contributed by atoms with E-state index in [1.165, 1.54) is 0 Å². The van der Waals surface area contributed by atoms with E-state index in [-0.39, 0.29) is 12.6 Å². The van der Waals surface area contributed by atoms with E-state index in [1.54, 1.807) is 0 Å². The normalized spacial score (nSPS) is 13.2. The minimum Gasteiger partial charge on any atom is -0.395 e. The van der Waals surface area contributed by atoms with Crippen molar-refractivity contribution < 1.29 is 5.11 Å². The second kappa shape index (κ2) is 4.82. The Morgan fingerprint density at radius 2 is 2.31 bits per heavy atom. The highest BCUT2D eigenvalue weighted by Gasteiger charge is 2.03. The largest absolute Gasteiger partial charge is 0.395 e. The van der Waals surface area contributed by atoms with Gasteiger partial charge in [0.2, 0.25) is 0 Å². The molecule has 0 saturated heterocycles. The van der Waals surface area contributed by atoms with Crippen molar-refractivity contribution in [1.82, 2.24) is 14.7 Å². The van der Waals surface area contributed by atoms with Crippen molar-refractivity contribution in [2.24, 2.45) is 0 Å². The van der Waals surface area contributed by atoms with Crippen molar-refractivity contribution in [3.8, 4) is 0 Å². The van der Waals surface area contributed by atoms with Crippen LogP contribution in [-0.4, -0.2) is 27.1 Å². The maximum absolute atomic E-state index is 8.88. The quantitative estimate of drug-likeness (QED) is 0.849. The number of imidazole rings is 1. The van der Waals surface area contributed by atoms with Gasteiger partial charge in [-0.25, -0.2) is 4.98 Å². The first kappa shape index (κ1) is 11.4. The highest BCUT2D eigenvalue weighted by molar-refractivity contribution is 6.30. The third kappa shape index (κ3) is 2.52. The number of aromatic nitrogens is 2. The fraction of sp³-hybridized carbons (Fsp3) is 0.364. The maximum Gasteiger partial charge on any atom is 0.137 e. The maximum atomic E-state index is 8.88. The van der Waals surface area contributed by atoms with Gasteiger partial charge in [-0.1, -0.05) is 11.6 Å². The van der Waals surface area contributed by atoms with Gasteiger partial charge in [-0.2, -0.15) is 0 Å². The van der Waals surface area contributed by atoms with Crippen LogP contribution in [0.3, 0.4) is 0 Å². The molecule has 0 amide bonds. The lowest BCUT2D eigenvalue weighted by atomic mass is 10.3. The predicted octanol–water partition coefficient (Wildman–Crippen LogP) is 1.46. The molecule has 0 spiro atoms. The number of rotatable bonds is 4. The van der Waals surface area contributed by atoms with Gasteiger partial charge in [-0.05, 0) is 19.1 Å². The number of pyridine rings is 1. The van der Waals surface area contributed by atoms with E-state index in [1.807, 2.05) is 35.9 Å². The van der Waals surface area contributed by atoms with Crippen LogP contribution in [0.2, 0.25) is 5.02 Å². The Bertz CT molecular complexity index is 483. The smallest absolute Gasteiger partial charge is 0.137 e. The van der Waals surface area contributed by atoms with Crippen molar-refractivity contribution in [2.75, 3.05) is 6.61 Å². The number of nitrogens with zero attached hydrogens (tertiary/aromatic N) is 2. The lowest BCUT2D eigenvalue weighted by molar-refractivity contribution is 0.250. The molecule has 2 aromatic heterocycles. The van der Waals surface area contributed by atoms with Gasteiger partial charge in [0.25, 0.3) is 0 Å². The van der Waals surface area contributed by atoms with Crippen molar-refractivity contribution in [3.05, 3.63) is 35.2 Å². The Labute approximate surface area is 98.9 Å². The van der Waals surface area contributed by atoms with E-state index in [0.717, 1.165) is 11.3 Å². The van der Waals surface area contributed by atoms with E-state index < -0.39 is 0 Å². The molecule has 4 nitrogen and oxygen atoms in total. The first-order chi connectivity index (χ1) is 7.69. The Kier molecular flexibility index (Phi) is 3.43. The molecule has 2 N–H and O–H groups in total. The summed E-state index contributed by atoms with van der Waals surface area (Å²) in [6, 6.07) is 3.77. The second-order valence-corrected chi connectivity index (χ2v) is 4.25. The van der Waals surface area contributed by atoms with Crippen molar-refractivity contribution in [2.45, 2.75) is 19.5 Å². The molecule has 0 saturated carbocycles. The van der Waals surface area contributed by atoms with Crippen LogP contribution in [0.1, 0.15) is 12.6 Å².